The van der Waals surface area contributed by atoms with E-state index in [-0.39, 0.29) is 18.2 Å². The summed E-state index contributed by atoms with van der Waals surface area (Å²) < 4.78 is 6.98. The molecule has 0 radical (unpaired) electrons. The predicted octanol–water partition coefficient (Wildman–Crippen LogP) is 2.47. The maximum Gasteiger partial charge on any atom is 0.216 e. The molecule has 90 valence electrons. The second-order valence-corrected chi connectivity index (χ2v) is 5.66. The maximum atomic E-state index is 5.97. The lowest BCUT2D eigenvalue weighted by molar-refractivity contribution is 0.145. The van der Waals surface area contributed by atoms with Crippen LogP contribution in [0, 0.1) is 0 Å². The number of ether oxygens (including phenoxy) is 1. The van der Waals surface area contributed by atoms with Gasteiger partial charge >= 0.3 is 0 Å². The Labute approximate surface area is 109 Å². The number of hydrogen-bond donors (Lipinski definition) is 1. The van der Waals surface area contributed by atoms with Gasteiger partial charge in [-0.25, -0.2) is 4.99 Å². The van der Waals surface area contributed by atoms with Gasteiger partial charge in [0.2, 0.25) is 5.90 Å². The van der Waals surface area contributed by atoms with E-state index < -0.39 is 0 Å². The Hall–Kier alpha value is -0.870. The highest BCUT2D eigenvalue weighted by Gasteiger charge is 2.36. The lowest BCUT2D eigenvalue weighted by Crippen LogP contribution is -2.37. The van der Waals surface area contributed by atoms with Gasteiger partial charge in [0.1, 0.15) is 6.10 Å². The smallest absolute Gasteiger partial charge is 0.216 e. The standard InChI is InChI=1S/C13H15BrN2O/c14-9-3-1-2-8(6-9)13-16-11-7-10(15)4-5-12(11)17-13/h1-3,6,10-12H,4-5,7,15H2. The van der Waals surface area contributed by atoms with E-state index in [1.54, 1.807) is 0 Å². The highest BCUT2D eigenvalue weighted by Crippen LogP contribution is 2.30. The molecule has 1 aliphatic carbocycles. The SMILES string of the molecule is NC1CCC2OC(c3cccc(Br)c3)=NC2C1. The summed E-state index contributed by atoms with van der Waals surface area (Å²) in [5.41, 5.74) is 7.01. The van der Waals surface area contributed by atoms with E-state index in [1.165, 1.54) is 0 Å². The number of nitrogens with zero attached hydrogens (tertiary/aromatic N) is 1. The molecule has 1 saturated carbocycles. The molecule has 0 amide bonds. The average Bonchev–Trinajstić information content (AvgIpc) is 2.72. The first-order chi connectivity index (χ1) is 8.22. The molecule has 4 heteroatoms. The molecule has 2 N–H and O–H groups in total. The molecule has 2 aliphatic rings. The molecule has 3 nitrogen and oxygen atoms in total. The quantitative estimate of drug-likeness (QED) is 0.865. The fourth-order valence-corrected chi connectivity index (χ4v) is 2.91. The Bertz CT molecular complexity index is 460. The molecule has 1 aromatic rings. The minimum absolute atomic E-state index is 0.240. The number of rotatable bonds is 1. The minimum Gasteiger partial charge on any atom is -0.472 e. The highest BCUT2D eigenvalue weighted by molar-refractivity contribution is 9.10. The third kappa shape index (κ3) is 2.24. The number of halogens is 1. The number of nitrogens with two attached hydrogens (primary N) is 1. The summed E-state index contributed by atoms with van der Waals surface area (Å²) in [5, 5.41) is 0. The van der Waals surface area contributed by atoms with Crippen molar-refractivity contribution in [3.05, 3.63) is 34.3 Å². The van der Waals surface area contributed by atoms with E-state index in [2.05, 4.69) is 20.9 Å². The van der Waals surface area contributed by atoms with Gasteiger partial charge in [0.05, 0.1) is 6.04 Å². The second-order valence-electron chi connectivity index (χ2n) is 4.74. The summed E-state index contributed by atoms with van der Waals surface area (Å²) >= 11 is 3.46. The van der Waals surface area contributed by atoms with Crippen LogP contribution in [0.4, 0.5) is 0 Å². The first kappa shape index (κ1) is 11.2. The molecule has 1 aliphatic heterocycles. The van der Waals surface area contributed by atoms with Crippen LogP contribution in [0.25, 0.3) is 0 Å². The summed E-state index contributed by atoms with van der Waals surface area (Å²) in [6, 6.07) is 8.61. The van der Waals surface area contributed by atoms with Gasteiger partial charge in [-0.1, -0.05) is 22.0 Å². The second kappa shape index (κ2) is 4.42. The largest absolute Gasteiger partial charge is 0.472 e. The minimum atomic E-state index is 0.240. The van der Waals surface area contributed by atoms with Crippen LogP contribution in [-0.4, -0.2) is 24.1 Å². The van der Waals surface area contributed by atoms with Crippen LogP contribution in [0.1, 0.15) is 24.8 Å². The predicted molar refractivity (Wildman–Crippen MR) is 71.2 cm³/mol. The number of aliphatic imine (C=N–C) groups is 1. The molecular weight excluding hydrogens is 280 g/mol. The van der Waals surface area contributed by atoms with E-state index in [1.807, 2.05) is 24.3 Å². The third-order valence-electron chi connectivity index (χ3n) is 3.41. The molecule has 3 atom stereocenters. The molecule has 3 unspecified atom stereocenters. The molecule has 0 aromatic heterocycles. The van der Waals surface area contributed by atoms with Crippen LogP contribution in [-0.2, 0) is 4.74 Å². The summed E-state index contributed by atoms with van der Waals surface area (Å²) in [4.78, 5) is 4.67. The van der Waals surface area contributed by atoms with Crippen LogP contribution in [0.3, 0.4) is 0 Å². The summed E-state index contributed by atoms with van der Waals surface area (Å²) in [6.45, 7) is 0. The Morgan fingerprint density at radius 3 is 3.06 bits per heavy atom. The molecule has 0 saturated heterocycles. The maximum absolute atomic E-state index is 5.97. The number of benzene rings is 1. The molecular formula is C13H15BrN2O. The van der Waals surface area contributed by atoms with Gasteiger partial charge in [0.15, 0.2) is 0 Å². The van der Waals surface area contributed by atoms with Crippen molar-refractivity contribution >= 4 is 21.8 Å². The molecule has 1 aromatic carbocycles. The highest BCUT2D eigenvalue weighted by atomic mass is 79.9. The van der Waals surface area contributed by atoms with Crippen LogP contribution >= 0.6 is 15.9 Å². The van der Waals surface area contributed by atoms with Crippen LogP contribution in [0.2, 0.25) is 0 Å². The van der Waals surface area contributed by atoms with Gasteiger partial charge in [0, 0.05) is 16.1 Å². The zero-order valence-electron chi connectivity index (χ0n) is 9.47. The monoisotopic (exact) mass is 294 g/mol. The average molecular weight is 295 g/mol. The van der Waals surface area contributed by atoms with Gasteiger partial charge in [-0.2, -0.15) is 0 Å². The van der Waals surface area contributed by atoms with E-state index in [4.69, 9.17) is 10.5 Å². The van der Waals surface area contributed by atoms with E-state index >= 15 is 0 Å². The number of hydrogen-bond acceptors (Lipinski definition) is 3. The van der Waals surface area contributed by atoms with Crippen LogP contribution in [0.15, 0.2) is 33.7 Å². The molecule has 0 bridgehead atoms. The fourth-order valence-electron chi connectivity index (χ4n) is 2.51. The Morgan fingerprint density at radius 1 is 1.35 bits per heavy atom. The Balaban J connectivity index is 1.84. The van der Waals surface area contributed by atoms with Gasteiger partial charge in [-0.15, -0.1) is 0 Å². The van der Waals surface area contributed by atoms with Crippen molar-refractivity contribution in [2.24, 2.45) is 10.7 Å². The van der Waals surface area contributed by atoms with Gasteiger partial charge in [0.25, 0.3) is 0 Å². The van der Waals surface area contributed by atoms with Crippen molar-refractivity contribution < 1.29 is 4.74 Å². The first-order valence-corrected chi connectivity index (χ1v) is 6.77. The lowest BCUT2D eigenvalue weighted by atomic mass is 9.90. The van der Waals surface area contributed by atoms with E-state index in [9.17, 15) is 0 Å². The molecule has 17 heavy (non-hydrogen) atoms. The van der Waals surface area contributed by atoms with E-state index in [0.717, 1.165) is 35.2 Å². The molecule has 3 rings (SSSR count). The summed E-state index contributed by atoms with van der Waals surface area (Å²) in [6.07, 6.45) is 3.25. The summed E-state index contributed by atoms with van der Waals surface area (Å²) in [7, 11) is 0. The van der Waals surface area contributed by atoms with E-state index in [0.29, 0.717) is 0 Å². The van der Waals surface area contributed by atoms with Gasteiger partial charge < -0.3 is 10.5 Å². The van der Waals surface area contributed by atoms with Crippen molar-refractivity contribution in [2.45, 2.75) is 37.5 Å². The zero-order valence-corrected chi connectivity index (χ0v) is 11.1. The van der Waals surface area contributed by atoms with Gasteiger partial charge in [-0.05, 0) is 37.5 Å². The Kier molecular flexibility index (Phi) is 2.92. The summed E-state index contributed by atoms with van der Waals surface area (Å²) in [5.74, 6) is 0.774. The van der Waals surface area contributed by atoms with Crippen molar-refractivity contribution in [1.29, 1.82) is 0 Å². The van der Waals surface area contributed by atoms with Gasteiger partial charge in [-0.3, -0.25) is 0 Å². The molecule has 1 heterocycles. The van der Waals surface area contributed by atoms with Crippen molar-refractivity contribution in [3.63, 3.8) is 0 Å². The first-order valence-electron chi connectivity index (χ1n) is 5.98. The number of fused-ring (bicyclic) bond motifs is 1. The normalized spacial score (nSPS) is 31.6. The molecule has 0 spiro atoms. The lowest BCUT2D eigenvalue weighted by Gasteiger charge is -2.26. The zero-order chi connectivity index (χ0) is 11.8. The van der Waals surface area contributed by atoms with Crippen molar-refractivity contribution in [1.82, 2.24) is 0 Å². The Morgan fingerprint density at radius 2 is 2.24 bits per heavy atom. The third-order valence-corrected chi connectivity index (χ3v) is 3.91. The van der Waals surface area contributed by atoms with Crippen LogP contribution in [0.5, 0.6) is 0 Å². The van der Waals surface area contributed by atoms with Crippen LogP contribution < -0.4 is 5.73 Å². The topological polar surface area (TPSA) is 47.6 Å². The van der Waals surface area contributed by atoms with Crippen molar-refractivity contribution in [2.75, 3.05) is 0 Å². The molecule has 1 fully saturated rings. The van der Waals surface area contributed by atoms with Crippen molar-refractivity contribution in [3.8, 4) is 0 Å². The fraction of sp³-hybridized carbons (Fsp3) is 0.462.